The number of hydrogen-bond acceptors (Lipinski definition) is 1. The van der Waals surface area contributed by atoms with Gasteiger partial charge in [-0.2, -0.15) is 0 Å². The monoisotopic (exact) mass is 380 g/mol. The van der Waals surface area contributed by atoms with Crippen LogP contribution < -0.4 is 0 Å². The molecular weight excluding hydrogens is 367 g/mol. The Bertz CT molecular complexity index is 801. The highest BCUT2D eigenvalue weighted by atomic mass is 127. The summed E-state index contributed by atoms with van der Waals surface area (Å²) in [4.78, 5) is 3.28. The first kappa shape index (κ1) is 12.9. The van der Waals surface area contributed by atoms with E-state index in [0.29, 0.717) is 0 Å². The molecule has 0 radical (unpaired) electrons. The molecule has 19 heavy (non-hydrogen) atoms. The SMILES string of the molecule is Cc1ccccc1Cn1c(=S)[nH]c2cc(I)ccc21. The minimum Gasteiger partial charge on any atom is -0.331 e. The maximum atomic E-state index is 5.44. The first-order chi connectivity index (χ1) is 9.15. The van der Waals surface area contributed by atoms with Crippen molar-refractivity contribution in [3.63, 3.8) is 0 Å². The van der Waals surface area contributed by atoms with Crippen LogP contribution >= 0.6 is 34.8 Å². The molecule has 0 saturated heterocycles. The highest BCUT2D eigenvalue weighted by Crippen LogP contribution is 2.19. The Kier molecular flexibility index (Phi) is 3.45. The minimum atomic E-state index is 0.778. The van der Waals surface area contributed by atoms with Crippen molar-refractivity contribution >= 4 is 45.8 Å². The number of imidazole rings is 1. The van der Waals surface area contributed by atoms with Crippen LogP contribution in [0.2, 0.25) is 0 Å². The summed E-state index contributed by atoms with van der Waals surface area (Å²) >= 11 is 7.76. The van der Waals surface area contributed by atoms with Gasteiger partial charge in [0.15, 0.2) is 4.77 Å². The van der Waals surface area contributed by atoms with E-state index in [2.05, 4.69) is 81.5 Å². The molecule has 0 amide bonds. The van der Waals surface area contributed by atoms with E-state index in [1.807, 2.05) is 0 Å². The fourth-order valence-corrected chi connectivity index (χ4v) is 3.01. The lowest BCUT2D eigenvalue weighted by Crippen LogP contribution is -2.01. The molecule has 0 unspecified atom stereocenters. The second-order valence-corrected chi connectivity index (χ2v) is 6.24. The number of fused-ring (bicyclic) bond motifs is 1. The number of rotatable bonds is 2. The minimum absolute atomic E-state index is 0.778. The topological polar surface area (TPSA) is 20.7 Å². The Balaban J connectivity index is 2.13. The maximum absolute atomic E-state index is 5.44. The summed E-state index contributed by atoms with van der Waals surface area (Å²) in [5.41, 5.74) is 4.86. The number of halogens is 1. The van der Waals surface area contributed by atoms with Crippen LogP contribution in [0.25, 0.3) is 11.0 Å². The van der Waals surface area contributed by atoms with Gasteiger partial charge in [-0.1, -0.05) is 24.3 Å². The average Bonchev–Trinajstić information content (AvgIpc) is 2.68. The van der Waals surface area contributed by atoms with E-state index in [9.17, 15) is 0 Å². The average molecular weight is 380 g/mol. The second-order valence-electron chi connectivity index (χ2n) is 4.60. The molecule has 1 aromatic heterocycles. The van der Waals surface area contributed by atoms with Crippen molar-refractivity contribution in [2.24, 2.45) is 0 Å². The third-order valence-electron chi connectivity index (χ3n) is 3.33. The normalized spacial score (nSPS) is 11.1. The number of nitrogens with one attached hydrogen (secondary N) is 1. The van der Waals surface area contributed by atoms with Gasteiger partial charge in [-0.05, 0) is 71.1 Å². The molecule has 0 fully saturated rings. The van der Waals surface area contributed by atoms with Crippen LogP contribution in [0.3, 0.4) is 0 Å². The standard InChI is InChI=1S/C15H13IN2S/c1-10-4-2-3-5-11(10)9-18-14-7-6-12(16)8-13(14)17-15(18)19/h2-8H,9H2,1H3,(H,17,19). The molecule has 3 rings (SSSR count). The number of benzene rings is 2. The van der Waals surface area contributed by atoms with Crippen LogP contribution in [0, 0.1) is 15.3 Å². The van der Waals surface area contributed by atoms with Crippen LogP contribution in [0.1, 0.15) is 11.1 Å². The lowest BCUT2D eigenvalue weighted by Gasteiger charge is -2.07. The van der Waals surface area contributed by atoms with Crippen molar-refractivity contribution in [2.45, 2.75) is 13.5 Å². The van der Waals surface area contributed by atoms with Gasteiger partial charge in [0.2, 0.25) is 0 Å². The number of aryl methyl sites for hydroxylation is 1. The molecule has 0 spiro atoms. The first-order valence-electron chi connectivity index (χ1n) is 6.08. The molecule has 2 nitrogen and oxygen atoms in total. The quantitative estimate of drug-likeness (QED) is 0.507. The van der Waals surface area contributed by atoms with Gasteiger partial charge in [0, 0.05) is 3.57 Å². The third kappa shape index (κ3) is 2.47. The lowest BCUT2D eigenvalue weighted by atomic mass is 10.1. The Morgan fingerprint density at radius 1 is 1.21 bits per heavy atom. The van der Waals surface area contributed by atoms with Crippen LogP contribution in [0.4, 0.5) is 0 Å². The summed E-state index contributed by atoms with van der Waals surface area (Å²) in [6, 6.07) is 14.8. The molecule has 0 aliphatic carbocycles. The number of hydrogen-bond donors (Lipinski definition) is 1. The zero-order valence-corrected chi connectivity index (χ0v) is 13.5. The van der Waals surface area contributed by atoms with Gasteiger partial charge < -0.3 is 9.55 Å². The number of H-pyrrole nitrogens is 1. The van der Waals surface area contributed by atoms with Crippen molar-refractivity contribution in [1.29, 1.82) is 0 Å². The molecule has 3 aromatic rings. The summed E-state index contributed by atoms with van der Waals surface area (Å²) < 4.78 is 4.15. The summed E-state index contributed by atoms with van der Waals surface area (Å²) in [6.45, 7) is 2.95. The van der Waals surface area contributed by atoms with Gasteiger partial charge in [-0.3, -0.25) is 0 Å². The Hall–Kier alpha value is -1.14. The largest absolute Gasteiger partial charge is 0.331 e. The summed E-state index contributed by atoms with van der Waals surface area (Å²) in [5.74, 6) is 0. The zero-order valence-electron chi connectivity index (χ0n) is 10.5. The molecule has 0 saturated carbocycles. The van der Waals surface area contributed by atoms with Crippen molar-refractivity contribution < 1.29 is 0 Å². The zero-order chi connectivity index (χ0) is 13.4. The highest BCUT2D eigenvalue weighted by molar-refractivity contribution is 14.1. The molecule has 1 N–H and O–H groups in total. The molecule has 2 aromatic carbocycles. The van der Waals surface area contributed by atoms with Crippen molar-refractivity contribution in [3.8, 4) is 0 Å². The molecule has 1 heterocycles. The lowest BCUT2D eigenvalue weighted by molar-refractivity contribution is 0.805. The number of aromatic nitrogens is 2. The first-order valence-corrected chi connectivity index (χ1v) is 7.56. The predicted octanol–water partition coefficient (Wildman–Crippen LogP) is 4.66. The van der Waals surface area contributed by atoms with Crippen molar-refractivity contribution in [3.05, 3.63) is 61.9 Å². The summed E-state index contributed by atoms with van der Waals surface area (Å²) in [5, 5.41) is 0. The fourth-order valence-electron chi connectivity index (χ4n) is 2.25. The highest BCUT2D eigenvalue weighted by Gasteiger charge is 2.06. The molecule has 4 heteroatoms. The summed E-state index contributed by atoms with van der Waals surface area (Å²) in [6.07, 6.45) is 0. The summed E-state index contributed by atoms with van der Waals surface area (Å²) in [7, 11) is 0. The van der Waals surface area contributed by atoms with Crippen LogP contribution in [-0.4, -0.2) is 9.55 Å². The Morgan fingerprint density at radius 3 is 2.79 bits per heavy atom. The Morgan fingerprint density at radius 2 is 2.00 bits per heavy atom. The van der Waals surface area contributed by atoms with Crippen molar-refractivity contribution in [1.82, 2.24) is 9.55 Å². The smallest absolute Gasteiger partial charge is 0.178 e. The van der Waals surface area contributed by atoms with Gasteiger partial charge in [0.05, 0.1) is 17.6 Å². The van der Waals surface area contributed by atoms with E-state index >= 15 is 0 Å². The van der Waals surface area contributed by atoms with Gasteiger partial charge in [0.25, 0.3) is 0 Å². The number of nitrogens with zero attached hydrogens (tertiary/aromatic N) is 1. The molecular formula is C15H13IN2S. The third-order valence-corrected chi connectivity index (χ3v) is 4.32. The second kappa shape index (κ2) is 5.09. The molecule has 0 atom stereocenters. The van der Waals surface area contributed by atoms with E-state index in [1.54, 1.807) is 0 Å². The van der Waals surface area contributed by atoms with E-state index < -0.39 is 0 Å². The van der Waals surface area contributed by atoms with Crippen LogP contribution in [0.5, 0.6) is 0 Å². The van der Waals surface area contributed by atoms with Gasteiger partial charge >= 0.3 is 0 Å². The Labute approximate surface area is 130 Å². The van der Waals surface area contributed by atoms with Crippen LogP contribution in [0.15, 0.2) is 42.5 Å². The molecule has 0 bridgehead atoms. The molecule has 0 aliphatic heterocycles. The number of aromatic amines is 1. The van der Waals surface area contributed by atoms with Gasteiger partial charge in [0.1, 0.15) is 0 Å². The van der Waals surface area contributed by atoms with E-state index in [4.69, 9.17) is 12.2 Å². The van der Waals surface area contributed by atoms with Gasteiger partial charge in [-0.15, -0.1) is 0 Å². The molecule has 0 aliphatic rings. The predicted molar refractivity (Wildman–Crippen MR) is 90.1 cm³/mol. The van der Waals surface area contributed by atoms with Gasteiger partial charge in [-0.25, -0.2) is 0 Å². The van der Waals surface area contributed by atoms with Crippen molar-refractivity contribution in [2.75, 3.05) is 0 Å². The van der Waals surface area contributed by atoms with E-state index in [1.165, 1.54) is 14.7 Å². The van der Waals surface area contributed by atoms with E-state index in [-0.39, 0.29) is 0 Å². The van der Waals surface area contributed by atoms with E-state index in [0.717, 1.165) is 22.3 Å². The molecule has 96 valence electrons. The van der Waals surface area contributed by atoms with Crippen LogP contribution in [-0.2, 0) is 6.54 Å². The maximum Gasteiger partial charge on any atom is 0.178 e. The fraction of sp³-hybridized carbons (Fsp3) is 0.133.